The molecular weight excluding hydrogens is 406 g/mol. The second kappa shape index (κ2) is 8.17. The minimum Gasteiger partial charge on any atom is -0.493 e. The summed E-state index contributed by atoms with van der Waals surface area (Å²) in [6, 6.07) is 13.4. The van der Waals surface area contributed by atoms with E-state index in [4.69, 9.17) is 4.74 Å². The van der Waals surface area contributed by atoms with Crippen LogP contribution in [0.3, 0.4) is 0 Å². The molecule has 0 saturated carbocycles. The van der Waals surface area contributed by atoms with E-state index in [1.807, 2.05) is 31.3 Å². The monoisotopic (exact) mass is 427 g/mol. The Morgan fingerprint density at radius 2 is 1.91 bits per heavy atom. The lowest BCUT2D eigenvalue weighted by molar-refractivity contribution is 0.297. The molecule has 0 radical (unpaired) electrons. The average molecular weight is 427 g/mol. The lowest BCUT2D eigenvalue weighted by atomic mass is 10.1. The first-order valence-corrected chi connectivity index (χ1v) is 10.2. The zero-order valence-electron chi connectivity index (χ0n) is 17.5. The highest BCUT2D eigenvalue weighted by atomic mass is 16.5. The van der Waals surface area contributed by atoms with Gasteiger partial charge in [0, 0.05) is 44.0 Å². The van der Waals surface area contributed by atoms with Gasteiger partial charge in [0.1, 0.15) is 23.1 Å². The number of pyridine rings is 1. The number of nitriles is 1. The molecule has 0 aliphatic carbocycles. The van der Waals surface area contributed by atoms with Crippen molar-refractivity contribution >= 4 is 11.5 Å². The first kappa shape index (κ1) is 19.8. The van der Waals surface area contributed by atoms with Gasteiger partial charge in [-0.25, -0.2) is 4.98 Å². The molecule has 3 aromatic heterocycles. The Morgan fingerprint density at radius 1 is 1.16 bits per heavy atom. The van der Waals surface area contributed by atoms with E-state index in [0.717, 1.165) is 41.3 Å². The number of fused-ring (bicyclic) bond motifs is 2. The van der Waals surface area contributed by atoms with E-state index in [-0.39, 0.29) is 5.88 Å². The molecule has 5 rings (SSSR count). The second-order valence-corrected chi connectivity index (χ2v) is 7.70. The van der Waals surface area contributed by atoms with Crippen molar-refractivity contribution in [3.63, 3.8) is 0 Å². The smallest absolute Gasteiger partial charge is 0.220 e. The van der Waals surface area contributed by atoms with Crippen molar-refractivity contribution in [2.75, 3.05) is 18.9 Å². The Morgan fingerprint density at radius 3 is 2.66 bits per heavy atom. The Kier molecular flexibility index (Phi) is 5.05. The van der Waals surface area contributed by atoms with Crippen molar-refractivity contribution in [1.82, 2.24) is 24.5 Å². The van der Waals surface area contributed by atoms with Gasteiger partial charge in [0.15, 0.2) is 11.5 Å². The molecule has 2 N–H and O–H groups in total. The fourth-order valence-corrected chi connectivity index (χ4v) is 3.76. The Balaban J connectivity index is 1.36. The van der Waals surface area contributed by atoms with Crippen molar-refractivity contribution in [3.8, 4) is 23.4 Å². The molecule has 0 bridgehead atoms. The van der Waals surface area contributed by atoms with Crippen LogP contribution in [0.2, 0.25) is 0 Å². The number of hydrogen-bond acceptors (Lipinski definition) is 8. The molecule has 0 atom stereocenters. The summed E-state index contributed by atoms with van der Waals surface area (Å²) in [6.45, 7) is 1.91. The van der Waals surface area contributed by atoms with Gasteiger partial charge >= 0.3 is 0 Å². The summed E-state index contributed by atoms with van der Waals surface area (Å²) < 4.78 is 7.14. The fourth-order valence-electron chi connectivity index (χ4n) is 3.76. The molecule has 9 heteroatoms. The summed E-state index contributed by atoms with van der Waals surface area (Å²) in [5.41, 5.74) is 3.26. The van der Waals surface area contributed by atoms with Gasteiger partial charge in [0.2, 0.25) is 5.88 Å². The minimum atomic E-state index is 0.0405. The number of nitrogens with zero attached hydrogens (tertiary/aromatic N) is 6. The fraction of sp³-hybridized carbons (Fsp3) is 0.217. The molecule has 4 aromatic rings. The van der Waals surface area contributed by atoms with E-state index in [1.165, 1.54) is 4.52 Å². The molecule has 9 nitrogen and oxygen atoms in total. The highest BCUT2D eigenvalue weighted by Gasteiger charge is 2.24. The SMILES string of the molecule is CN1CCc2nc3c(C#N)c(NCc4ccc(Oc5ccncc5)cc4)nn3c(O)c2C1. The highest BCUT2D eigenvalue weighted by Crippen LogP contribution is 2.30. The van der Waals surface area contributed by atoms with Crippen LogP contribution in [0.1, 0.15) is 22.4 Å². The molecule has 0 spiro atoms. The third-order valence-electron chi connectivity index (χ3n) is 5.46. The van der Waals surface area contributed by atoms with Crippen molar-refractivity contribution in [1.29, 1.82) is 5.26 Å². The predicted molar refractivity (Wildman–Crippen MR) is 117 cm³/mol. The van der Waals surface area contributed by atoms with Crippen molar-refractivity contribution in [3.05, 3.63) is 71.2 Å². The van der Waals surface area contributed by atoms with Gasteiger partial charge in [-0.05, 0) is 36.9 Å². The van der Waals surface area contributed by atoms with Crippen molar-refractivity contribution in [2.45, 2.75) is 19.5 Å². The number of benzene rings is 1. The van der Waals surface area contributed by atoms with Crippen LogP contribution in [-0.2, 0) is 19.5 Å². The maximum atomic E-state index is 10.8. The molecule has 1 aliphatic rings. The standard InChI is InChI=1S/C23H21N7O2/c1-29-11-8-20-19(14-29)23(31)30-22(27-20)18(12-24)21(28-30)26-13-15-2-4-16(5-3-15)32-17-6-9-25-10-7-17/h2-7,9-10,31H,8,11,13-14H2,1H3,(H,26,28). The molecule has 1 aromatic carbocycles. The summed E-state index contributed by atoms with van der Waals surface area (Å²) in [5, 5.41) is 28.1. The van der Waals surface area contributed by atoms with E-state index in [2.05, 4.69) is 31.4 Å². The van der Waals surface area contributed by atoms with Gasteiger partial charge in [-0.15, -0.1) is 5.10 Å². The number of likely N-dealkylation sites (N-methyl/N-ethyl adjacent to an activating group) is 1. The average Bonchev–Trinajstić information content (AvgIpc) is 3.17. The molecule has 0 fully saturated rings. The van der Waals surface area contributed by atoms with E-state index in [0.29, 0.717) is 30.1 Å². The summed E-state index contributed by atoms with van der Waals surface area (Å²) in [5.74, 6) is 1.87. The zero-order valence-corrected chi connectivity index (χ0v) is 17.5. The van der Waals surface area contributed by atoms with Gasteiger partial charge in [-0.2, -0.15) is 9.78 Å². The topological polar surface area (TPSA) is 112 Å². The number of aromatic nitrogens is 4. The minimum absolute atomic E-state index is 0.0405. The molecule has 32 heavy (non-hydrogen) atoms. The van der Waals surface area contributed by atoms with Gasteiger partial charge in [-0.1, -0.05) is 12.1 Å². The number of rotatable bonds is 5. The first-order chi connectivity index (χ1) is 15.6. The Bertz CT molecular complexity index is 1310. The van der Waals surface area contributed by atoms with Crippen LogP contribution in [0.5, 0.6) is 17.4 Å². The van der Waals surface area contributed by atoms with Crippen LogP contribution in [0.15, 0.2) is 48.8 Å². The molecule has 0 saturated heterocycles. The summed E-state index contributed by atoms with van der Waals surface area (Å²) in [4.78, 5) is 10.7. The molecular formula is C23H21N7O2. The zero-order chi connectivity index (χ0) is 22.1. The predicted octanol–water partition coefficient (Wildman–Crippen LogP) is 3.09. The maximum absolute atomic E-state index is 10.8. The number of ether oxygens (including phenoxy) is 1. The number of anilines is 1. The van der Waals surface area contributed by atoms with Gasteiger partial charge in [0.05, 0.1) is 5.69 Å². The van der Waals surface area contributed by atoms with Crippen LogP contribution in [0.25, 0.3) is 5.65 Å². The van der Waals surface area contributed by atoms with Crippen LogP contribution in [-0.4, -0.2) is 43.2 Å². The van der Waals surface area contributed by atoms with E-state index >= 15 is 0 Å². The highest BCUT2D eigenvalue weighted by molar-refractivity contribution is 5.69. The summed E-state index contributed by atoms with van der Waals surface area (Å²) in [7, 11) is 2.00. The second-order valence-electron chi connectivity index (χ2n) is 7.70. The molecule has 4 heterocycles. The van der Waals surface area contributed by atoms with Gasteiger partial charge in [-0.3, -0.25) is 4.98 Å². The molecule has 1 aliphatic heterocycles. The number of nitrogens with one attached hydrogen (secondary N) is 1. The van der Waals surface area contributed by atoms with Crippen molar-refractivity contribution < 1.29 is 9.84 Å². The Hall–Kier alpha value is -4.16. The van der Waals surface area contributed by atoms with E-state index < -0.39 is 0 Å². The normalized spacial score (nSPS) is 13.5. The van der Waals surface area contributed by atoms with Crippen LogP contribution in [0, 0.1) is 11.3 Å². The van der Waals surface area contributed by atoms with E-state index in [1.54, 1.807) is 24.5 Å². The first-order valence-electron chi connectivity index (χ1n) is 10.2. The molecule has 0 unspecified atom stereocenters. The van der Waals surface area contributed by atoms with Crippen molar-refractivity contribution in [2.24, 2.45) is 0 Å². The largest absolute Gasteiger partial charge is 0.493 e. The molecule has 0 amide bonds. The van der Waals surface area contributed by atoms with Gasteiger partial charge < -0.3 is 20.1 Å². The van der Waals surface area contributed by atoms with Crippen LogP contribution < -0.4 is 10.1 Å². The third-order valence-corrected chi connectivity index (χ3v) is 5.46. The summed E-state index contributed by atoms with van der Waals surface area (Å²) >= 11 is 0. The quantitative estimate of drug-likeness (QED) is 0.500. The number of aromatic hydroxyl groups is 1. The third kappa shape index (κ3) is 3.68. The lowest BCUT2D eigenvalue weighted by Crippen LogP contribution is -2.28. The molecule has 160 valence electrons. The lowest BCUT2D eigenvalue weighted by Gasteiger charge is -2.24. The maximum Gasteiger partial charge on any atom is 0.220 e. The summed E-state index contributed by atoms with van der Waals surface area (Å²) in [6.07, 6.45) is 4.08. The Labute approximate surface area is 184 Å². The van der Waals surface area contributed by atoms with E-state index in [9.17, 15) is 10.4 Å². The van der Waals surface area contributed by atoms with Gasteiger partial charge in [0.25, 0.3) is 0 Å². The van der Waals surface area contributed by atoms with Crippen LogP contribution in [0.4, 0.5) is 5.82 Å². The number of hydrogen-bond donors (Lipinski definition) is 2. The van der Waals surface area contributed by atoms with Crippen LogP contribution >= 0.6 is 0 Å².